The predicted octanol–water partition coefficient (Wildman–Crippen LogP) is -0.632. The summed E-state index contributed by atoms with van der Waals surface area (Å²) in [5.74, 6) is 0.317. The van der Waals surface area contributed by atoms with Crippen molar-refractivity contribution in [3.8, 4) is 0 Å². The molecule has 1 aromatic rings. The Morgan fingerprint density at radius 3 is 2.15 bits per heavy atom. The lowest BCUT2D eigenvalue weighted by molar-refractivity contribution is 1.18. The monoisotopic (exact) mass is 203 g/mol. The number of anilines is 3. The van der Waals surface area contributed by atoms with Gasteiger partial charge < -0.3 is 17.2 Å². The number of nitrogens with two attached hydrogens (primary N) is 3. The van der Waals surface area contributed by atoms with Gasteiger partial charge in [0.2, 0.25) is 5.95 Å². The molecule has 0 bridgehead atoms. The van der Waals surface area contributed by atoms with Gasteiger partial charge in [0.1, 0.15) is 11.6 Å². The molecule has 1 heterocycles. The largest absolute Gasteiger partial charge is 0.383 e. The average molecular weight is 204 g/mol. The van der Waals surface area contributed by atoms with Crippen LogP contribution in [0, 0.1) is 5.41 Å². The molecular formula is C5H10ClN7. The summed E-state index contributed by atoms with van der Waals surface area (Å²) in [4.78, 5) is 7.46. The number of rotatable bonds is 1. The van der Waals surface area contributed by atoms with Crippen molar-refractivity contribution in [3.05, 3.63) is 6.07 Å². The summed E-state index contributed by atoms with van der Waals surface area (Å²) >= 11 is 0. The molecule has 8 N–H and O–H groups in total. The molecule has 0 fully saturated rings. The molecule has 0 radical (unpaired) electrons. The zero-order chi connectivity index (χ0) is 9.14. The van der Waals surface area contributed by atoms with E-state index in [2.05, 4.69) is 15.3 Å². The zero-order valence-corrected chi connectivity index (χ0v) is 7.43. The van der Waals surface area contributed by atoms with Gasteiger partial charge in [-0.2, -0.15) is 9.97 Å². The fourth-order valence-electron chi connectivity index (χ4n) is 0.662. The molecule has 0 aliphatic rings. The summed E-state index contributed by atoms with van der Waals surface area (Å²) < 4.78 is 0. The van der Waals surface area contributed by atoms with Crippen molar-refractivity contribution < 1.29 is 0 Å². The normalized spacial score (nSPS) is 8.62. The minimum atomic E-state index is -0.264. The summed E-state index contributed by atoms with van der Waals surface area (Å²) in [6.07, 6.45) is 0. The number of hydrogen-bond acceptors (Lipinski definition) is 5. The van der Waals surface area contributed by atoms with Crippen LogP contribution in [0.4, 0.5) is 17.6 Å². The van der Waals surface area contributed by atoms with Crippen molar-refractivity contribution in [1.82, 2.24) is 9.97 Å². The van der Waals surface area contributed by atoms with E-state index in [1.807, 2.05) is 0 Å². The molecule has 72 valence electrons. The van der Waals surface area contributed by atoms with Gasteiger partial charge in [0, 0.05) is 6.07 Å². The van der Waals surface area contributed by atoms with Gasteiger partial charge >= 0.3 is 0 Å². The number of hydrogen-bond donors (Lipinski definition) is 5. The first kappa shape index (κ1) is 11.2. The third kappa shape index (κ3) is 3.43. The molecule has 1 rings (SSSR count). The van der Waals surface area contributed by atoms with Gasteiger partial charge in [-0.25, -0.2) is 0 Å². The molecule has 0 atom stereocenters. The highest BCUT2D eigenvalue weighted by Gasteiger charge is 1.99. The van der Waals surface area contributed by atoms with Crippen LogP contribution in [0.3, 0.4) is 0 Å². The van der Waals surface area contributed by atoms with Crippen LogP contribution in [-0.4, -0.2) is 15.9 Å². The highest BCUT2D eigenvalue weighted by Crippen LogP contribution is 2.06. The molecule has 8 heteroatoms. The lowest BCUT2D eigenvalue weighted by Crippen LogP contribution is -2.22. The molecule has 0 aromatic carbocycles. The van der Waals surface area contributed by atoms with Gasteiger partial charge in [-0.15, -0.1) is 12.4 Å². The number of aromatic nitrogens is 2. The standard InChI is InChI=1S/C5H9N7.ClH/c6-2-1-3(7)11-5(10-2)12-4(8)9;/h1H,(H8,6,7,8,9,10,11,12);1H. The van der Waals surface area contributed by atoms with Crippen LogP contribution < -0.4 is 22.5 Å². The Kier molecular flexibility index (Phi) is 3.73. The lowest BCUT2D eigenvalue weighted by atomic mass is 10.5. The van der Waals surface area contributed by atoms with Crippen LogP contribution in [0.15, 0.2) is 6.07 Å². The van der Waals surface area contributed by atoms with Crippen LogP contribution in [0.25, 0.3) is 0 Å². The van der Waals surface area contributed by atoms with E-state index in [-0.39, 0.29) is 36.0 Å². The number of halogens is 1. The maximum atomic E-state index is 6.88. The van der Waals surface area contributed by atoms with Crippen molar-refractivity contribution in [2.75, 3.05) is 16.8 Å². The first-order chi connectivity index (χ1) is 5.58. The van der Waals surface area contributed by atoms with E-state index in [0.29, 0.717) is 0 Å². The Balaban J connectivity index is 0.00000144. The maximum absolute atomic E-state index is 6.88. The lowest BCUT2D eigenvalue weighted by Gasteiger charge is -2.02. The van der Waals surface area contributed by atoms with Crippen molar-refractivity contribution in [2.45, 2.75) is 0 Å². The Hall–Kier alpha value is -1.76. The Bertz CT molecular complexity index is 292. The molecule has 0 unspecified atom stereocenters. The smallest absolute Gasteiger partial charge is 0.233 e. The summed E-state index contributed by atoms with van der Waals surface area (Å²) in [5, 5.41) is 9.24. The molecule has 0 saturated heterocycles. The first-order valence-corrected chi connectivity index (χ1v) is 3.09. The molecule has 13 heavy (non-hydrogen) atoms. The number of nitrogens with zero attached hydrogens (tertiary/aromatic N) is 2. The van der Waals surface area contributed by atoms with Gasteiger partial charge in [0.05, 0.1) is 0 Å². The molecule has 0 aliphatic heterocycles. The molecule has 1 aromatic heterocycles. The minimum absolute atomic E-state index is 0. The fraction of sp³-hybridized carbons (Fsp3) is 0. The minimum Gasteiger partial charge on any atom is -0.383 e. The number of nitrogens with one attached hydrogen (secondary N) is 2. The Morgan fingerprint density at radius 1 is 1.31 bits per heavy atom. The van der Waals surface area contributed by atoms with Crippen molar-refractivity contribution in [3.63, 3.8) is 0 Å². The third-order valence-corrected chi connectivity index (χ3v) is 1.01. The van der Waals surface area contributed by atoms with Gasteiger partial charge in [0.15, 0.2) is 5.96 Å². The van der Waals surface area contributed by atoms with E-state index >= 15 is 0 Å². The summed E-state index contributed by atoms with van der Waals surface area (Å²) in [7, 11) is 0. The maximum Gasteiger partial charge on any atom is 0.233 e. The SMILES string of the molecule is Cl.N=C(N)Nc1nc(N)cc(N)n1. The second-order valence-electron chi connectivity index (χ2n) is 2.08. The Morgan fingerprint density at radius 2 is 1.77 bits per heavy atom. The predicted molar refractivity (Wildman–Crippen MR) is 53.6 cm³/mol. The van der Waals surface area contributed by atoms with Crippen LogP contribution >= 0.6 is 12.4 Å². The fourth-order valence-corrected chi connectivity index (χ4v) is 0.662. The van der Waals surface area contributed by atoms with Gasteiger partial charge in [-0.1, -0.05) is 0 Å². The van der Waals surface area contributed by atoms with E-state index in [9.17, 15) is 0 Å². The summed E-state index contributed by atoms with van der Waals surface area (Å²) in [6, 6.07) is 1.41. The molecule has 0 spiro atoms. The van der Waals surface area contributed by atoms with Crippen molar-refractivity contribution in [1.29, 1.82) is 5.41 Å². The van der Waals surface area contributed by atoms with E-state index in [0.717, 1.165) is 0 Å². The van der Waals surface area contributed by atoms with Crippen molar-refractivity contribution >= 4 is 36.0 Å². The Labute approximate surface area is 80.6 Å². The average Bonchev–Trinajstić information content (AvgIpc) is 1.81. The topological polar surface area (TPSA) is 140 Å². The van der Waals surface area contributed by atoms with Gasteiger partial charge in [0.25, 0.3) is 0 Å². The van der Waals surface area contributed by atoms with E-state index in [1.165, 1.54) is 6.07 Å². The third-order valence-electron chi connectivity index (χ3n) is 1.01. The molecule has 7 nitrogen and oxygen atoms in total. The zero-order valence-electron chi connectivity index (χ0n) is 6.61. The first-order valence-electron chi connectivity index (χ1n) is 3.09. The van der Waals surface area contributed by atoms with Crippen LogP contribution in [0.5, 0.6) is 0 Å². The molecular weight excluding hydrogens is 194 g/mol. The molecule has 0 saturated carbocycles. The number of guanidine groups is 1. The molecule has 0 aliphatic carbocycles. The summed E-state index contributed by atoms with van der Waals surface area (Å²) in [6.45, 7) is 0. The number of nitrogen functional groups attached to an aromatic ring is 2. The van der Waals surface area contributed by atoms with Gasteiger partial charge in [-0.3, -0.25) is 10.7 Å². The highest BCUT2D eigenvalue weighted by molar-refractivity contribution is 5.88. The van der Waals surface area contributed by atoms with Crippen LogP contribution in [-0.2, 0) is 0 Å². The van der Waals surface area contributed by atoms with Crippen LogP contribution in [0.2, 0.25) is 0 Å². The second-order valence-corrected chi connectivity index (χ2v) is 2.08. The quantitative estimate of drug-likeness (QED) is 0.304. The van der Waals surface area contributed by atoms with E-state index in [4.69, 9.17) is 22.6 Å². The van der Waals surface area contributed by atoms with Gasteiger partial charge in [-0.05, 0) is 0 Å². The second kappa shape index (κ2) is 4.31. The van der Waals surface area contributed by atoms with E-state index < -0.39 is 0 Å². The summed E-state index contributed by atoms with van der Waals surface area (Å²) in [5.41, 5.74) is 15.7. The van der Waals surface area contributed by atoms with Crippen molar-refractivity contribution in [2.24, 2.45) is 5.73 Å². The van der Waals surface area contributed by atoms with Crippen LogP contribution in [0.1, 0.15) is 0 Å². The highest BCUT2D eigenvalue weighted by atomic mass is 35.5. The molecule has 0 amide bonds. The van der Waals surface area contributed by atoms with E-state index in [1.54, 1.807) is 0 Å².